The molecule has 0 saturated heterocycles. The molecule has 0 spiro atoms. The highest BCUT2D eigenvalue weighted by Gasteiger charge is 2.34. The summed E-state index contributed by atoms with van der Waals surface area (Å²) < 4.78 is 43.3. The summed E-state index contributed by atoms with van der Waals surface area (Å²) in [5, 5.41) is 8.27. The molecule has 0 unspecified atom stereocenters. The monoisotopic (exact) mass is 379 g/mol. The van der Waals surface area contributed by atoms with Crippen molar-refractivity contribution in [2.24, 2.45) is 7.05 Å². The SMILES string of the molecule is CCn1ncc(CN(C)c2nc(-c3cnn(C)c3)cc(C(F)(F)F)n2)c1C. The molecule has 10 heteroatoms. The molecule has 0 saturated carbocycles. The molecule has 27 heavy (non-hydrogen) atoms. The molecule has 0 aliphatic heterocycles. The summed E-state index contributed by atoms with van der Waals surface area (Å²) in [4.78, 5) is 9.63. The van der Waals surface area contributed by atoms with E-state index in [2.05, 4.69) is 20.2 Å². The number of aromatic nitrogens is 6. The lowest BCUT2D eigenvalue weighted by molar-refractivity contribution is -0.141. The molecule has 7 nitrogen and oxygen atoms in total. The minimum Gasteiger partial charge on any atom is -0.339 e. The third kappa shape index (κ3) is 3.93. The molecule has 0 aromatic carbocycles. The summed E-state index contributed by atoms with van der Waals surface area (Å²) in [7, 11) is 3.35. The van der Waals surface area contributed by atoms with Crippen LogP contribution < -0.4 is 4.90 Å². The Morgan fingerprint density at radius 3 is 2.44 bits per heavy atom. The van der Waals surface area contributed by atoms with E-state index in [0.29, 0.717) is 12.1 Å². The maximum atomic E-state index is 13.3. The average molecular weight is 379 g/mol. The van der Waals surface area contributed by atoms with Gasteiger partial charge in [0.1, 0.15) is 0 Å². The van der Waals surface area contributed by atoms with Crippen LogP contribution in [-0.4, -0.2) is 36.6 Å². The van der Waals surface area contributed by atoms with Crippen LogP contribution in [0, 0.1) is 6.92 Å². The predicted molar refractivity (Wildman–Crippen MR) is 94.0 cm³/mol. The van der Waals surface area contributed by atoms with Crippen LogP contribution in [0.25, 0.3) is 11.3 Å². The van der Waals surface area contributed by atoms with Gasteiger partial charge < -0.3 is 4.90 Å². The van der Waals surface area contributed by atoms with E-state index in [1.165, 1.54) is 10.9 Å². The van der Waals surface area contributed by atoms with E-state index >= 15 is 0 Å². The van der Waals surface area contributed by atoms with Crippen LogP contribution in [0.1, 0.15) is 23.9 Å². The van der Waals surface area contributed by atoms with Crippen LogP contribution in [0.15, 0.2) is 24.7 Å². The highest BCUT2D eigenvalue weighted by atomic mass is 19.4. The second-order valence-electron chi connectivity index (χ2n) is 6.27. The van der Waals surface area contributed by atoms with Gasteiger partial charge in [0.25, 0.3) is 0 Å². The Morgan fingerprint density at radius 1 is 1.15 bits per heavy atom. The van der Waals surface area contributed by atoms with E-state index in [1.807, 2.05) is 18.5 Å². The number of aryl methyl sites for hydroxylation is 2. The highest BCUT2D eigenvalue weighted by molar-refractivity contribution is 5.59. The number of rotatable bonds is 5. The van der Waals surface area contributed by atoms with Gasteiger partial charge in [-0.05, 0) is 19.9 Å². The van der Waals surface area contributed by atoms with Crippen LogP contribution in [-0.2, 0) is 26.3 Å². The van der Waals surface area contributed by atoms with Gasteiger partial charge in [-0.2, -0.15) is 23.4 Å². The van der Waals surface area contributed by atoms with E-state index in [0.717, 1.165) is 23.9 Å². The Hall–Kier alpha value is -2.91. The van der Waals surface area contributed by atoms with Gasteiger partial charge in [0.05, 0.1) is 18.1 Å². The summed E-state index contributed by atoms with van der Waals surface area (Å²) >= 11 is 0. The van der Waals surface area contributed by atoms with Crippen LogP contribution in [0.4, 0.5) is 19.1 Å². The topological polar surface area (TPSA) is 64.7 Å². The Bertz CT molecular complexity index is 942. The Balaban J connectivity index is 1.99. The first kappa shape index (κ1) is 18.9. The van der Waals surface area contributed by atoms with Gasteiger partial charge in [-0.15, -0.1) is 0 Å². The first-order valence-electron chi connectivity index (χ1n) is 8.36. The van der Waals surface area contributed by atoms with Crippen molar-refractivity contribution in [3.8, 4) is 11.3 Å². The van der Waals surface area contributed by atoms with Crippen LogP contribution in [0.5, 0.6) is 0 Å². The third-order valence-corrected chi connectivity index (χ3v) is 4.26. The highest BCUT2D eigenvalue weighted by Crippen LogP contribution is 2.31. The van der Waals surface area contributed by atoms with Crippen molar-refractivity contribution in [1.29, 1.82) is 0 Å². The summed E-state index contributed by atoms with van der Waals surface area (Å²) in [6.07, 6.45) is 0.229. The summed E-state index contributed by atoms with van der Waals surface area (Å²) in [5.74, 6) is -0.00711. The fourth-order valence-corrected chi connectivity index (χ4v) is 2.74. The molecular weight excluding hydrogens is 359 g/mol. The van der Waals surface area contributed by atoms with Crippen molar-refractivity contribution < 1.29 is 13.2 Å². The summed E-state index contributed by atoms with van der Waals surface area (Å²) in [5.41, 5.74) is 1.55. The van der Waals surface area contributed by atoms with E-state index in [-0.39, 0.29) is 11.6 Å². The zero-order valence-corrected chi connectivity index (χ0v) is 15.5. The first-order chi connectivity index (χ1) is 12.7. The zero-order valence-electron chi connectivity index (χ0n) is 15.5. The number of halogens is 3. The third-order valence-electron chi connectivity index (χ3n) is 4.26. The van der Waals surface area contributed by atoms with Gasteiger partial charge in [0, 0.05) is 50.2 Å². The average Bonchev–Trinajstić information content (AvgIpc) is 3.20. The molecule has 0 N–H and O–H groups in total. The van der Waals surface area contributed by atoms with Gasteiger partial charge in [-0.25, -0.2) is 9.97 Å². The van der Waals surface area contributed by atoms with Crippen molar-refractivity contribution in [2.45, 2.75) is 33.1 Å². The van der Waals surface area contributed by atoms with E-state index in [1.54, 1.807) is 31.4 Å². The van der Waals surface area contributed by atoms with Gasteiger partial charge in [0.2, 0.25) is 5.95 Å². The quantitative estimate of drug-likeness (QED) is 0.682. The second-order valence-corrected chi connectivity index (χ2v) is 6.27. The smallest absolute Gasteiger partial charge is 0.339 e. The predicted octanol–water partition coefficient (Wildman–Crippen LogP) is 3.06. The van der Waals surface area contributed by atoms with E-state index < -0.39 is 11.9 Å². The lowest BCUT2D eigenvalue weighted by Crippen LogP contribution is -2.22. The van der Waals surface area contributed by atoms with Gasteiger partial charge >= 0.3 is 6.18 Å². The lowest BCUT2D eigenvalue weighted by atomic mass is 10.2. The molecule has 0 fully saturated rings. The maximum Gasteiger partial charge on any atom is 0.433 e. The first-order valence-corrected chi connectivity index (χ1v) is 8.36. The largest absolute Gasteiger partial charge is 0.433 e. The van der Waals surface area contributed by atoms with Crippen molar-refractivity contribution in [3.63, 3.8) is 0 Å². The molecule has 3 heterocycles. The van der Waals surface area contributed by atoms with E-state index in [9.17, 15) is 13.2 Å². The van der Waals surface area contributed by atoms with Gasteiger partial charge in [0.15, 0.2) is 5.69 Å². The fraction of sp³-hybridized carbons (Fsp3) is 0.412. The van der Waals surface area contributed by atoms with Crippen molar-refractivity contribution in [2.75, 3.05) is 11.9 Å². The standard InChI is InChI=1S/C17H20F3N7/c1-5-27-11(2)12(7-22-27)9-25(3)16-23-14(13-8-21-26(4)10-13)6-15(24-16)17(18,19)20/h6-8,10H,5,9H2,1-4H3. The van der Waals surface area contributed by atoms with Crippen LogP contribution in [0.2, 0.25) is 0 Å². The molecule has 0 bridgehead atoms. The second kappa shape index (κ2) is 7.01. The molecule has 144 valence electrons. The number of alkyl halides is 3. The normalized spacial score (nSPS) is 11.8. The Kier molecular flexibility index (Phi) is 4.90. The number of nitrogens with zero attached hydrogens (tertiary/aromatic N) is 7. The van der Waals surface area contributed by atoms with Crippen molar-refractivity contribution in [1.82, 2.24) is 29.5 Å². The lowest BCUT2D eigenvalue weighted by Gasteiger charge is -2.19. The molecule has 3 aromatic heterocycles. The van der Waals surface area contributed by atoms with Crippen molar-refractivity contribution >= 4 is 5.95 Å². The zero-order chi connectivity index (χ0) is 19.8. The molecule has 3 aromatic rings. The van der Waals surface area contributed by atoms with E-state index in [4.69, 9.17) is 0 Å². The van der Waals surface area contributed by atoms with Crippen LogP contribution >= 0.6 is 0 Å². The molecule has 0 aliphatic rings. The molecule has 0 radical (unpaired) electrons. The summed E-state index contributed by atoms with van der Waals surface area (Å²) in [6, 6.07) is 0.939. The maximum absolute atomic E-state index is 13.3. The molecular formula is C17H20F3N7. The van der Waals surface area contributed by atoms with Crippen LogP contribution in [0.3, 0.4) is 0 Å². The van der Waals surface area contributed by atoms with Crippen molar-refractivity contribution in [3.05, 3.63) is 41.6 Å². The number of hydrogen-bond acceptors (Lipinski definition) is 5. The Labute approximate surface area is 154 Å². The number of anilines is 1. The molecule has 0 atom stereocenters. The van der Waals surface area contributed by atoms with Gasteiger partial charge in [-0.3, -0.25) is 9.36 Å². The molecule has 0 aliphatic carbocycles. The Morgan fingerprint density at radius 2 is 1.89 bits per heavy atom. The minimum atomic E-state index is -4.57. The number of hydrogen-bond donors (Lipinski definition) is 0. The van der Waals surface area contributed by atoms with Gasteiger partial charge in [-0.1, -0.05) is 0 Å². The minimum absolute atomic E-state index is 0.00711. The molecule has 3 rings (SSSR count). The fourth-order valence-electron chi connectivity index (χ4n) is 2.74. The summed E-state index contributed by atoms with van der Waals surface area (Å²) in [6.45, 7) is 4.97. The molecule has 0 amide bonds.